The van der Waals surface area contributed by atoms with Crippen LogP contribution in [0.15, 0.2) is 27.6 Å². The van der Waals surface area contributed by atoms with Gasteiger partial charge in [0.25, 0.3) is 5.91 Å². The fourth-order valence-corrected chi connectivity index (χ4v) is 8.47. The number of hydrogen-bond donors (Lipinski definition) is 1. The fraction of sp³-hybridized carbons (Fsp3) is 0.652. The van der Waals surface area contributed by atoms with Gasteiger partial charge in [0, 0.05) is 49.2 Å². The first-order valence-corrected chi connectivity index (χ1v) is 13.5. The molecule has 1 aromatic carbocycles. The number of piperazine rings is 1. The molecule has 1 N–H and O–H groups in total. The van der Waals surface area contributed by atoms with E-state index in [0.29, 0.717) is 29.0 Å². The molecule has 1 aliphatic heterocycles. The molecule has 0 spiro atoms. The lowest BCUT2D eigenvalue weighted by atomic mass is 9.68. The summed E-state index contributed by atoms with van der Waals surface area (Å²) in [6.07, 6.45) is 3.43. The second-order valence-electron chi connectivity index (χ2n) is 10.4. The summed E-state index contributed by atoms with van der Waals surface area (Å²) >= 11 is 3.36. The van der Waals surface area contributed by atoms with Crippen molar-refractivity contribution >= 4 is 37.8 Å². The number of nitrogens with one attached hydrogen (secondary N) is 1. The molecule has 1 saturated heterocycles. The summed E-state index contributed by atoms with van der Waals surface area (Å²) in [7, 11) is -3.80. The van der Waals surface area contributed by atoms with Gasteiger partial charge in [-0.3, -0.25) is 9.59 Å². The van der Waals surface area contributed by atoms with Crippen LogP contribution in [0.5, 0.6) is 0 Å². The maximum atomic E-state index is 13.3. The van der Waals surface area contributed by atoms with Gasteiger partial charge >= 0.3 is 0 Å². The monoisotopic (exact) mass is 525 g/mol. The first kappa shape index (κ1) is 23.7. The topological polar surface area (TPSA) is 86.8 Å². The Morgan fingerprint density at radius 3 is 2.34 bits per heavy atom. The summed E-state index contributed by atoms with van der Waals surface area (Å²) in [6, 6.07) is 4.81. The highest BCUT2D eigenvalue weighted by molar-refractivity contribution is 9.10. The van der Waals surface area contributed by atoms with E-state index in [1.54, 1.807) is 17.0 Å². The number of rotatable bonds is 4. The molecule has 3 atom stereocenters. The summed E-state index contributed by atoms with van der Waals surface area (Å²) in [5.41, 5.74) is 0.449. The quantitative estimate of drug-likeness (QED) is 0.653. The maximum absolute atomic E-state index is 13.3. The van der Waals surface area contributed by atoms with Gasteiger partial charge in [-0.05, 0) is 70.1 Å². The van der Waals surface area contributed by atoms with Gasteiger partial charge in [0.1, 0.15) is 0 Å². The molecule has 9 heteroatoms. The van der Waals surface area contributed by atoms with Crippen molar-refractivity contribution in [3.8, 4) is 0 Å². The molecule has 3 unspecified atom stereocenters. The SMILES string of the molecule is CC(=O)N1CCN(S(=O)(=O)c2cc(C(=O)NC3C4(C)CCC(C4)C3(C)C)ccc2Br)CC1. The summed E-state index contributed by atoms with van der Waals surface area (Å²) in [5, 5.41) is 3.25. The van der Waals surface area contributed by atoms with Crippen molar-refractivity contribution < 1.29 is 18.0 Å². The van der Waals surface area contributed by atoms with Gasteiger partial charge in [0.15, 0.2) is 0 Å². The number of carbonyl (C=O) groups is 2. The van der Waals surface area contributed by atoms with Crippen LogP contribution in [0.4, 0.5) is 0 Å². The summed E-state index contributed by atoms with van der Waals surface area (Å²) in [5.74, 6) is 0.314. The smallest absolute Gasteiger partial charge is 0.251 e. The minimum atomic E-state index is -3.80. The number of amides is 2. The molecule has 2 amide bonds. The van der Waals surface area contributed by atoms with E-state index in [2.05, 4.69) is 42.0 Å². The molecule has 2 saturated carbocycles. The van der Waals surface area contributed by atoms with Crippen LogP contribution >= 0.6 is 15.9 Å². The Kier molecular flexibility index (Phi) is 5.99. The van der Waals surface area contributed by atoms with Crippen LogP contribution in [0, 0.1) is 16.7 Å². The number of nitrogens with zero attached hydrogens (tertiary/aromatic N) is 2. The number of halogens is 1. The van der Waals surface area contributed by atoms with Gasteiger partial charge in [-0.1, -0.05) is 20.8 Å². The first-order valence-electron chi connectivity index (χ1n) is 11.2. The molecular weight excluding hydrogens is 494 g/mol. The molecule has 3 fully saturated rings. The van der Waals surface area contributed by atoms with Gasteiger partial charge in [-0.2, -0.15) is 4.31 Å². The van der Waals surface area contributed by atoms with Gasteiger partial charge in [-0.25, -0.2) is 8.42 Å². The molecule has 1 heterocycles. The van der Waals surface area contributed by atoms with Crippen molar-refractivity contribution in [1.82, 2.24) is 14.5 Å². The molecule has 7 nitrogen and oxygen atoms in total. The lowest BCUT2D eigenvalue weighted by molar-refractivity contribution is -0.129. The van der Waals surface area contributed by atoms with Gasteiger partial charge in [-0.15, -0.1) is 0 Å². The van der Waals surface area contributed by atoms with Crippen LogP contribution in [-0.4, -0.2) is 61.7 Å². The van der Waals surface area contributed by atoms with Crippen molar-refractivity contribution in [1.29, 1.82) is 0 Å². The summed E-state index contributed by atoms with van der Waals surface area (Å²) < 4.78 is 28.5. The number of sulfonamides is 1. The molecule has 176 valence electrons. The first-order chi connectivity index (χ1) is 14.9. The van der Waals surface area contributed by atoms with E-state index < -0.39 is 10.0 Å². The molecule has 0 aromatic heterocycles. The lowest BCUT2D eigenvalue weighted by Gasteiger charge is -2.43. The van der Waals surface area contributed by atoms with E-state index in [1.807, 2.05) is 0 Å². The highest BCUT2D eigenvalue weighted by Gasteiger charge is 2.59. The Morgan fingerprint density at radius 2 is 1.78 bits per heavy atom. The van der Waals surface area contributed by atoms with Crippen LogP contribution in [0.2, 0.25) is 0 Å². The fourth-order valence-electron chi connectivity index (χ4n) is 6.10. The number of carbonyl (C=O) groups excluding carboxylic acids is 2. The maximum Gasteiger partial charge on any atom is 0.251 e. The van der Waals surface area contributed by atoms with Crippen molar-refractivity contribution in [3.63, 3.8) is 0 Å². The van der Waals surface area contributed by atoms with E-state index in [4.69, 9.17) is 0 Å². The Labute approximate surface area is 199 Å². The zero-order valence-electron chi connectivity index (χ0n) is 19.2. The third-order valence-corrected chi connectivity index (χ3v) is 10.9. The number of hydrogen-bond acceptors (Lipinski definition) is 4. The minimum absolute atomic E-state index is 0.0172. The predicted octanol–water partition coefficient (Wildman–Crippen LogP) is 3.25. The van der Waals surface area contributed by atoms with E-state index in [1.165, 1.54) is 23.7 Å². The zero-order valence-corrected chi connectivity index (χ0v) is 21.6. The van der Waals surface area contributed by atoms with Crippen LogP contribution in [-0.2, 0) is 14.8 Å². The van der Waals surface area contributed by atoms with E-state index >= 15 is 0 Å². The van der Waals surface area contributed by atoms with Gasteiger partial charge in [0.2, 0.25) is 15.9 Å². The number of benzene rings is 1. The Hall–Kier alpha value is -1.45. The molecule has 4 rings (SSSR count). The average Bonchev–Trinajstić information content (AvgIpc) is 3.22. The summed E-state index contributed by atoms with van der Waals surface area (Å²) in [6.45, 7) is 9.40. The average molecular weight is 526 g/mol. The van der Waals surface area contributed by atoms with Crippen LogP contribution in [0.25, 0.3) is 0 Å². The van der Waals surface area contributed by atoms with Crippen LogP contribution in [0.1, 0.15) is 57.3 Å². The Morgan fingerprint density at radius 1 is 1.12 bits per heavy atom. The van der Waals surface area contributed by atoms with Gasteiger partial charge < -0.3 is 10.2 Å². The Bertz CT molecular complexity index is 1040. The molecule has 3 aliphatic rings. The lowest BCUT2D eigenvalue weighted by Crippen LogP contribution is -2.52. The molecule has 2 bridgehead atoms. The third kappa shape index (κ3) is 3.90. The highest BCUT2D eigenvalue weighted by atomic mass is 79.9. The molecule has 1 aromatic rings. The second kappa shape index (κ2) is 8.09. The largest absolute Gasteiger partial charge is 0.348 e. The molecular formula is C23H32BrN3O4S. The van der Waals surface area contributed by atoms with Crippen LogP contribution in [0.3, 0.4) is 0 Å². The molecule has 2 aliphatic carbocycles. The van der Waals surface area contributed by atoms with Crippen molar-refractivity contribution in [2.24, 2.45) is 16.7 Å². The van der Waals surface area contributed by atoms with Crippen molar-refractivity contribution in [3.05, 3.63) is 28.2 Å². The second-order valence-corrected chi connectivity index (χ2v) is 13.1. The standard InChI is InChI=1S/C23H32BrN3O4S/c1-15(28)26-9-11-27(12-10-26)32(30,31)19-13-16(5-6-18(19)24)20(29)25-21-22(2,3)17-7-8-23(21,4)14-17/h5-6,13,17,21H,7-12,14H2,1-4H3,(H,25,29). The van der Waals surface area contributed by atoms with E-state index in [9.17, 15) is 18.0 Å². The van der Waals surface area contributed by atoms with Gasteiger partial charge in [0.05, 0.1) is 4.90 Å². The van der Waals surface area contributed by atoms with Crippen molar-refractivity contribution in [2.75, 3.05) is 26.2 Å². The Balaban J connectivity index is 1.55. The molecule has 0 radical (unpaired) electrons. The summed E-state index contributed by atoms with van der Waals surface area (Å²) in [4.78, 5) is 26.5. The zero-order chi connectivity index (χ0) is 23.5. The predicted molar refractivity (Wildman–Crippen MR) is 126 cm³/mol. The minimum Gasteiger partial charge on any atom is -0.348 e. The third-order valence-electron chi connectivity index (χ3n) is 8.04. The van der Waals surface area contributed by atoms with E-state index in [0.717, 1.165) is 12.8 Å². The van der Waals surface area contributed by atoms with Crippen molar-refractivity contribution in [2.45, 2.75) is 57.9 Å². The normalized spacial score (nSPS) is 29.8. The number of fused-ring (bicyclic) bond motifs is 2. The molecule has 32 heavy (non-hydrogen) atoms. The van der Waals surface area contributed by atoms with E-state index in [-0.39, 0.29) is 46.7 Å². The highest BCUT2D eigenvalue weighted by Crippen LogP contribution is 2.62. The van der Waals surface area contributed by atoms with Crippen LogP contribution < -0.4 is 5.32 Å².